The molecule has 0 aliphatic rings. The summed E-state index contributed by atoms with van der Waals surface area (Å²) in [7, 11) is 0. The lowest BCUT2D eigenvalue weighted by Gasteiger charge is -2.01. The molecule has 0 saturated heterocycles. The number of hydrogen-bond acceptors (Lipinski definition) is 3. The third kappa shape index (κ3) is 2.49. The molecule has 4 heteroatoms. The van der Waals surface area contributed by atoms with Crippen LogP contribution < -0.4 is 5.73 Å². The van der Waals surface area contributed by atoms with Gasteiger partial charge >= 0.3 is 0 Å². The average molecular weight is 274 g/mol. The van der Waals surface area contributed by atoms with Gasteiger partial charge in [-0.3, -0.25) is 0 Å². The first-order valence-electron chi connectivity index (χ1n) is 6.60. The third-order valence-electron chi connectivity index (χ3n) is 3.31. The molecular formula is C17H14N4. The van der Waals surface area contributed by atoms with E-state index < -0.39 is 0 Å². The molecule has 0 radical (unpaired) electrons. The minimum absolute atomic E-state index is 0.589. The topological polar surface area (TPSA) is 67.6 Å². The van der Waals surface area contributed by atoms with Gasteiger partial charge in [0.15, 0.2) is 0 Å². The highest BCUT2D eigenvalue weighted by molar-refractivity contribution is 5.73. The largest absolute Gasteiger partial charge is 0.396 e. The first kappa shape index (κ1) is 12.9. The van der Waals surface area contributed by atoms with Crippen molar-refractivity contribution in [2.24, 2.45) is 0 Å². The molecular weight excluding hydrogens is 260 g/mol. The van der Waals surface area contributed by atoms with Gasteiger partial charge < -0.3 is 5.73 Å². The number of nitrogens with two attached hydrogens (primary N) is 1. The Hall–Kier alpha value is -3.06. The van der Waals surface area contributed by atoms with Gasteiger partial charge in [0.1, 0.15) is 5.69 Å². The highest BCUT2D eigenvalue weighted by atomic mass is 15.3. The van der Waals surface area contributed by atoms with Crippen LogP contribution in [0.25, 0.3) is 16.9 Å². The molecule has 102 valence electrons. The molecule has 2 aromatic carbocycles. The van der Waals surface area contributed by atoms with Crippen LogP contribution in [0.2, 0.25) is 0 Å². The van der Waals surface area contributed by atoms with E-state index in [1.807, 2.05) is 43.3 Å². The zero-order valence-electron chi connectivity index (χ0n) is 11.6. The Labute approximate surface area is 123 Å². The SMILES string of the molecule is Cc1ccc(-n2cc(N)c(-c3cccc(C#N)c3)n2)cc1. The molecule has 2 N–H and O–H groups in total. The highest BCUT2D eigenvalue weighted by Gasteiger charge is 2.10. The fraction of sp³-hybridized carbons (Fsp3) is 0.0588. The molecule has 1 heterocycles. The monoisotopic (exact) mass is 274 g/mol. The number of nitriles is 1. The van der Waals surface area contributed by atoms with Crippen molar-refractivity contribution in [2.75, 3.05) is 5.73 Å². The molecule has 0 saturated carbocycles. The van der Waals surface area contributed by atoms with Crippen LogP contribution in [0.3, 0.4) is 0 Å². The van der Waals surface area contributed by atoms with Crippen LogP contribution in [-0.4, -0.2) is 9.78 Å². The Morgan fingerprint density at radius 3 is 2.62 bits per heavy atom. The van der Waals surface area contributed by atoms with E-state index >= 15 is 0 Å². The van der Waals surface area contributed by atoms with E-state index in [2.05, 4.69) is 11.2 Å². The molecule has 0 aliphatic heterocycles. The van der Waals surface area contributed by atoms with Crippen LogP contribution in [0.5, 0.6) is 0 Å². The van der Waals surface area contributed by atoms with E-state index in [9.17, 15) is 0 Å². The molecule has 3 rings (SSSR count). The van der Waals surface area contributed by atoms with Gasteiger partial charge in [-0.2, -0.15) is 10.4 Å². The Bertz CT molecular complexity index is 823. The van der Waals surface area contributed by atoms with Gasteiger partial charge in [0.2, 0.25) is 0 Å². The first-order chi connectivity index (χ1) is 10.2. The van der Waals surface area contributed by atoms with E-state index in [0.717, 1.165) is 11.3 Å². The van der Waals surface area contributed by atoms with Crippen LogP contribution in [0.1, 0.15) is 11.1 Å². The van der Waals surface area contributed by atoms with Crippen molar-refractivity contribution in [3.8, 4) is 23.0 Å². The third-order valence-corrected chi connectivity index (χ3v) is 3.31. The van der Waals surface area contributed by atoms with E-state index in [0.29, 0.717) is 16.9 Å². The summed E-state index contributed by atoms with van der Waals surface area (Å²) in [6, 6.07) is 17.5. The number of hydrogen-bond donors (Lipinski definition) is 1. The summed E-state index contributed by atoms with van der Waals surface area (Å²) in [6.45, 7) is 2.04. The van der Waals surface area contributed by atoms with Crippen molar-refractivity contribution < 1.29 is 0 Å². The van der Waals surface area contributed by atoms with Gasteiger partial charge in [-0.1, -0.05) is 29.8 Å². The standard InChI is InChI=1S/C17H14N4/c1-12-5-7-15(8-6-12)21-11-16(19)17(20-21)14-4-2-3-13(9-14)10-18/h2-9,11H,19H2,1H3. The van der Waals surface area contributed by atoms with Crippen molar-refractivity contribution in [1.29, 1.82) is 5.26 Å². The second kappa shape index (κ2) is 5.14. The van der Waals surface area contributed by atoms with Crippen LogP contribution >= 0.6 is 0 Å². The van der Waals surface area contributed by atoms with Crippen LogP contribution in [0.4, 0.5) is 5.69 Å². The summed E-state index contributed by atoms with van der Waals surface area (Å²) >= 11 is 0. The number of nitrogen functional groups attached to an aromatic ring is 1. The van der Waals surface area contributed by atoms with Crippen LogP contribution in [0, 0.1) is 18.3 Å². The molecule has 0 atom stereocenters. The van der Waals surface area contributed by atoms with Crippen LogP contribution in [-0.2, 0) is 0 Å². The number of nitrogens with zero attached hydrogens (tertiary/aromatic N) is 3. The Balaban J connectivity index is 2.05. The summed E-state index contributed by atoms with van der Waals surface area (Å²) in [5.74, 6) is 0. The van der Waals surface area contributed by atoms with Gasteiger partial charge in [-0.05, 0) is 31.2 Å². The summed E-state index contributed by atoms with van der Waals surface area (Å²) in [5.41, 5.74) is 10.9. The van der Waals surface area contributed by atoms with Gasteiger partial charge in [0, 0.05) is 5.56 Å². The lowest BCUT2D eigenvalue weighted by atomic mass is 10.1. The fourth-order valence-corrected chi connectivity index (χ4v) is 2.18. The normalized spacial score (nSPS) is 10.3. The number of anilines is 1. The molecule has 1 aromatic heterocycles. The number of aromatic nitrogens is 2. The zero-order valence-corrected chi connectivity index (χ0v) is 11.6. The molecule has 21 heavy (non-hydrogen) atoms. The minimum atomic E-state index is 0.589. The minimum Gasteiger partial charge on any atom is -0.396 e. The molecule has 3 aromatic rings. The lowest BCUT2D eigenvalue weighted by Crippen LogP contribution is -1.94. The molecule has 0 bridgehead atoms. The quantitative estimate of drug-likeness (QED) is 0.779. The molecule has 0 spiro atoms. The van der Waals surface area contributed by atoms with E-state index in [4.69, 9.17) is 11.0 Å². The second-order valence-corrected chi connectivity index (χ2v) is 4.91. The Morgan fingerprint density at radius 1 is 1.14 bits per heavy atom. The van der Waals surface area contributed by atoms with Crippen molar-refractivity contribution in [3.63, 3.8) is 0 Å². The van der Waals surface area contributed by atoms with Gasteiger partial charge in [0.25, 0.3) is 0 Å². The first-order valence-corrected chi connectivity index (χ1v) is 6.60. The smallest absolute Gasteiger partial charge is 0.116 e. The highest BCUT2D eigenvalue weighted by Crippen LogP contribution is 2.26. The van der Waals surface area contributed by atoms with Crippen molar-refractivity contribution in [1.82, 2.24) is 9.78 Å². The second-order valence-electron chi connectivity index (χ2n) is 4.91. The van der Waals surface area contributed by atoms with Gasteiger partial charge in [-0.15, -0.1) is 0 Å². The average Bonchev–Trinajstić information content (AvgIpc) is 2.90. The molecule has 0 fully saturated rings. The summed E-state index contributed by atoms with van der Waals surface area (Å²) in [5, 5.41) is 13.5. The van der Waals surface area contributed by atoms with Crippen LogP contribution in [0.15, 0.2) is 54.7 Å². The van der Waals surface area contributed by atoms with E-state index in [-0.39, 0.29) is 0 Å². The fourth-order valence-electron chi connectivity index (χ4n) is 2.18. The summed E-state index contributed by atoms with van der Waals surface area (Å²) in [4.78, 5) is 0. The van der Waals surface area contributed by atoms with Crippen molar-refractivity contribution in [2.45, 2.75) is 6.92 Å². The van der Waals surface area contributed by atoms with E-state index in [1.54, 1.807) is 23.0 Å². The zero-order chi connectivity index (χ0) is 14.8. The summed E-state index contributed by atoms with van der Waals surface area (Å²) < 4.78 is 1.75. The molecule has 4 nitrogen and oxygen atoms in total. The number of benzene rings is 2. The molecule has 0 aliphatic carbocycles. The Kier molecular flexibility index (Phi) is 3.17. The van der Waals surface area contributed by atoms with Gasteiger partial charge in [0.05, 0.1) is 29.2 Å². The van der Waals surface area contributed by atoms with Gasteiger partial charge in [-0.25, -0.2) is 4.68 Å². The maximum atomic E-state index is 8.98. The maximum Gasteiger partial charge on any atom is 0.116 e. The predicted molar refractivity (Wildman–Crippen MR) is 82.9 cm³/mol. The van der Waals surface area contributed by atoms with Crippen molar-refractivity contribution >= 4 is 5.69 Å². The predicted octanol–water partition coefficient (Wildman–Crippen LogP) is 3.30. The van der Waals surface area contributed by atoms with E-state index in [1.165, 1.54) is 5.56 Å². The molecule has 0 amide bonds. The summed E-state index contributed by atoms with van der Waals surface area (Å²) in [6.07, 6.45) is 1.79. The number of rotatable bonds is 2. The number of aryl methyl sites for hydroxylation is 1. The lowest BCUT2D eigenvalue weighted by molar-refractivity contribution is 0.884. The molecule has 0 unspecified atom stereocenters. The van der Waals surface area contributed by atoms with Crippen molar-refractivity contribution in [3.05, 3.63) is 65.9 Å². The Morgan fingerprint density at radius 2 is 1.90 bits per heavy atom. The maximum absolute atomic E-state index is 8.98.